The average Bonchev–Trinajstić information content (AvgIpc) is 2.54. The average molecular weight is 325 g/mol. The lowest BCUT2D eigenvalue weighted by molar-refractivity contribution is -0.137. The Hall–Kier alpha value is -2.77. The summed E-state index contributed by atoms with van der Waals surface area (Å²) in [5, 5.41) is 3.92. The van der Waals surface area contributed by atoms with E-state index in [0.717, 1.165) is 17.8 Å². The minimum Gasteiger partial charge on any atom is -0.493 e. The van der Waals surface area contributed by atoms with Gasteiger partial charge < -0.3 is 9.47 Å². The third-order valence-corrected chi connectivity index (χ3v) is 2.89. The Labute approximate surface area is 130 Å². The van der Waals surface area contributed by atoms with E-state index < -0.39 is 11.7 Å². The number of anilines is 1. The predicted molar refractivity (Wildman–Crippen MR) is 80.0 cm³/mol. The summed E-state index contributed by atoms with van der Waals surface area (Å²) in [6, 6.07) is 7.32. The molecule has 0 atom stereocenters. The van der Waals surface area contributed by atoms with Crippen LogP contribution in [0, 0.1) is 0 Å². The van der Waals surface area contributed by atoms with E-state index >= 15 is 0 Å². The molecular weight excluding hydrogens is 311 g/mol. The number of ether oxygens (including phenoxy) is 2. The summed E-state index contributed by atoms with van der Waals surface area (Å²) in [5.74, 6) is 1.33. The van der Waals surface area contributed by atoms with Gasteiger partial charge in [0.25, 0.3) is 0 Å². The first-order valence-corrected chi connectivity index (χ1v) is 6.48. The van der Waals surface area contributed by atoms with Crippen molar-refractivity contribution < 1.29 is 22.6 Å². The Morgan fingerprint density at radius 2 is 1.83 bits per heavy atom. The van der Waals surface area contributed by atoms with Crippen molar-refractivity contribution in [1.29, 1.82) is 0 Å². The molecule has 0 saturated carbocycles. The number of rotatable bonds is 5. The number of nitrogens with one attached hydrogen (secondary N) is 1. The number of benzene rings is 1. The summed E-state index contributed by atoms with van der Waals surface area (Å²) >= 11 is 0. The molecule has 23 heavy (non-hydrogen) atoms. The standard InChI is InChI=1S/C15H14F3N3O2/c1-22-12-5-3-10(7-13(12)23-2)8-20-21-14-6-4-11(9-19-14)15(16,17)18/h3-9H,1-2H3,(H,19,21). The molecule has 1 heterocycles. The molecule has 8 heteroatoms. The predicted octanol–water partition coefficient (Wildman–Crippen LogP) is 3.56. The Morgan fingerprint density at radius 1 is 1.09 bits per heavy atom. The molecule has 0 radical (unpaired) electrons. The van der Waals surface area contributed by atoms with Crippen LogP contribution >= 0.6 is 0 Å². The second kappa shape index (κ2) is 6.99. The van der Waals surface area contributed by atoms with Gasteiger partial charge in [-0.15, -0.1) is 0 Å². The van der Waals surface area contributed by atoms with Crippen molar-refractivity contribution in [2.45, 2.75) is 6.18 Å². The van der Waals surface area contributed by atoms with Crippen molar-refractivity contribution in [1.82, 2.24) is 4.98 Å². The highest BCUT2D eigenvalue weighted by Gasteiger charge is 2.30. The maximum absolute atomic E-state index is 12.4. The first-order chi connectivity index (χ1) is 10.9. The number of alkyl halides is 3. The zero-order valence-electron chi connectivity index (χ0n) is 12.4. The highest BCUT2D eigenvalue weighted by Crippen LogP contribution is 2.29. The fraction of sp³-hybridized carbons (Fsp3) is 0.200. The number of pyridine rings is 1. The van der Waals surface area contributed by atoms with Crippen LogP contribution in [0.5, 0.6) is 11.5 Å². The fourth-order valence-corrected chi connectivity index (χ4v) is 1.73. The van der Waals surface area contributed by atoms with E-state index in [0.29, 0.717) is 11.5 Å². The lowest BCUT2D eigenvalue weighted by atomic mass is 10.2. The van der Waals surface area contributed by atoms with E-state index in [2.05, 4.69) is 15.5 Å². The van der Waals surface area contributed by atoms with Gasteiger partial charge in [-0.25, -0.2) is 4.98 Å². The monoisotopic (exact) mass is 325 g/mol. The molecule has 2 rings (SSSR count). The maximum atomic E-state index is 12.4. The van der Waals surface area contributed by atoms with Crippen molar-refractivity contribution in [3.05, 3.63) is 47.7 Å². The number of nitrogens with zero attached hydrogens (tertiary/aromatic N) is 2. The van der Waals surface area contributed by atoms with Crippen molar-refractivity contribution in [3.63, 3.8) is 0 Å². The van der Waals surface area contributed by atoms with E-state index in [9.17, 15) is 13.2 Å². The van der Waals surface area contributed by atoms with Gasteiger partial charge in [-0.05, 0) is 35.9 Å². The molecular formula is C15H14F3N3O2. The Kier molecular flexibility index (Phi) is 5.05. The largest absolute Gasteiger partial charge is 0.493 e. The minimum absolute atomic E-state index is 0.203. The van der Waals surface area contributed by atoms with E-state index in [1.165, 1.54) is 26.5 Å². The lowest BCUT2D eigenvalue weighted by Crippen LogP contribution is -2.05. The van der Waals surface area contributed by atoms with Crippen molar-refractivity contribution in [2.24, 2.45) is 5.10 Å². The summed E-state index contributed by atoms with van der Waals surface area (Å²) in [4.78, 5) is 3.65. The van der Waals surface area contributed by atoms with Crippen LogP contribution < -0.4 is 14.9 Å². The molecule has 2 aromatic rings. The minimum atomic E-state index is -4.41. The van der Waals surface area contributed by atoms with Gasteiger partial charge in [-0.3, -0.25) is 5.43 Å². The molecule has 1 aromatic carbocycles. The van der Waals surface area contributed by atoms with Crippen molar-refractivity contribution >= 4 is 12.0 Å². The molecule has 1 N–H and O–H groups in total. The lowest BCUT2D eigenvalue weighted by Gasteiger charge is -2.07. The highest BCUT2D eigenvalue weighted by atomic mass is 19.4. The molecule has 0 aliphatic heterocycles. The van der Waals surface area contributed by atoms with Crippen molar-refractivity contribution in [2.75, 3.05) is 19.6 Å². The van der Waals surface area contributed by atoms with Gasteiger partial charge in [0, 0.05) is 6.20 Å². The smallest absolute Gasteiger partial charge is 0.417 e. The summed E-state index contributed by atoms with van der Waals surface area (Å²) in [7, 11) is 3.05. The molecule has 0 bridgehead atoms. The van der Waals surface area contributed by atoms with Crippen LogP contribution in [0.2, 0.25) is 0 Å². The Balaban J connectivity index is 2.04. The second-order valence-electron chi connectivity index (χ2n) is 4.41. The molecule has 0 aliphatic rings. The molecule has 0 unspecified atom stereocenters. The van der Waals surface area contributed by atoms with Gasteiger partial charge in [-0.2, -0.15) is 18.3 Å². The van der Waals surface area contributed by atoms with Crippen LogP contribution in [0.25, 0.3) is 0 Å². The Bertz CT molecular complexity index is 685. The summed E-state index contributed by atoms with van der Waals surface area (Å²) in [6.45, 7) is 0. The third-order valence-electron chi connectivity index (χ3n) is 2.89. The molecule has 0 spiro atoms. The van der Waals surface area contributed by atoms with E-state index in [1.807, 2.05) is 0 Å². The molecule has 0 fully saturated rings. The molecule has 0 amide bonds. The maximum Gasteiger partial charge on any atom is 0.417 e. The summed E-state index contributed by atoms with van der Waals surface area (Å²) in [6.07, 6.45) is -2.18. The Morgan fingerprint density at radius 3 is 2.39 bits per heavy atom. The summed E-state index contributed by atoms with van der Waals surface area (Å²) < 4.78 is 47.5. The van der Waals surface area contributed by atoms with Crippen molar-refractivity contribution in [3.8, 4) is 11.5 Å². The van der Waals surface area contributed by atoms with Gasteiger partial charge in [-0.1, -0.05) is 0 Å². The fourth-order valence-electron chi connectivity index (χ4n) is 1.73. The second-order valence-corrected chi connectivity index (χ2v) is 4.41. The van der Waals surface area contributed by atoms with Gasteiger partial charge in [0.15, 0.2) is 11.5 Å². The van der Waals surface area contributed by atoms with Crippen LogP contribution in [0.15, 0.2) is 41.6 Å². The highest BCUT2D eigenvalue weighted by molar-refractivity contribution is 5.81. The van der Waals surface area contributed by atoms with Gasteiger partial charge >= 0.3 is 6.18 Å². The van der Waals surface area contributed by atoms with Gasteiger partial charge in [0.1, 0.15) is 5.82 Å². The molecule has 5 nitrogen and oxygen atoms in total. The number of hydrogen-bond acceptors (Lipinski definition) is 5. The number of hydrazone groups is 1. The topological polar surface area (TPSA) is 55.7 Å². The quantitative estimate of drug-likeness (QED) is 0.674. The zero-order valence-corrected chi connectivity index (χ0v) is 12.4. The number of halogens is 3. The van der Waals surface area contributed by atoms with Crippen LogP contribution in [0.1, 0.15) is 11.1 Å². The zero-order chi connectivity index (χ0) is 16.9. The van der Waals surface area contributed by atoms with E-state index in [-0.39, 0.29) is 5.82 Å². The molecule has 0 aliphatic carbocycles. The SMILES string of the molecule is COc1ccc(C=NNc2ccc(C(F)(F)F)cn2)cc1OC. The molecule has 1 aromatic heterocycles. The number of aromatic nitrogens is 1. The normalized spacial score (nSPS) is 11.5. The number of methoxy groups -OCH3 is 2. The molecule has 122 valence electrons. The van der Waals surface area contributed by atoms with Crippen LogP contribution in [0.4, 0.5) is 19.0 Å². The van der Waals surface area contributed by atoms with Gasteiger partial charge in [0.2, 0.25) is 0 Å². The first-order valence-electron chi connectivity index (χ1n) is 6.48. The first kappa shape index (κ1) is 16.6. The van der Waals surface area contributed by atoms with Crippen LogP contribution in [-0.2, 0) is 6.18 Å². The van der Waals surface area contributed by atoms with E-state index in [1.54, 1.807) is 18.2 Å². The van der Waals surface area contributed by atoms with Gasteiger partial charge in [0.05, 0.1) is 26.0 Å². The van der Waals surface area contributed by atoms with E-state index in [4.69, 9.17) is 9.47 Å². The molecule has 0 saturated heterocycles. The summed E-state index contributed by atoms with van der Waals surface area (Å²) in [5.41, 5.74) is 2.47. The van der Waals surface area contributed by atoms with Crippen LogP contribution in [0.3, 0.4) is 0 Å². The van der Waals surface area contributed by atoms with Crippen LogP contribution in [-0.4, -0.2) is 25.4 Å². The number of hydrogen-bond donors (Lipinski definition) is 1. The third kappa shape index (κ3) is 4.35.